The van der Waals surface area contributed by atoms with Crippen LogP contribution in [0.4, 0.5) is 11.4 Å². The van der Waals surface area contributed by atoms with Crippen molar-refractivity contribution in [1.29, 1.82) is 0 Å². The molecular weight excluding hydrogens is 304 g/mol. The molecule has 24 heavy (non-hydrogen) atoms. The highest BCUT2D eigenvalue weighted by molar-refractivity contribution is 5.94. The third-order valence-electron chi connectivity index (χ3n) is 3.91. The lowest BCUT2D eigenvalue weighted by molar-refractivity contribution is -0.116. The number of rotatable bonds is 5. The number of benzene rings is 2. The van der Waals surface area contributed by atoms with Gasteiger partial charge in [-0.25, -0.2) is 0 Å². The molecule has 5 heteroatoms. The van der Waals surface area contributed by atoms with Gasteiger partial charge in [0.05, 0.1) is 11.4 Å². The summed E-state index contributed by atoms with van der Waals surface area (Å²) in [5, 5.41) is 2.99. The predicted octanol–water partition coefficient (Wildman–Crippen LogP) is 3.10. The minimum Gasteiger partial charge on any atom is -0.486 e. The topological polar surface area (TPSA) is 50.8 Å². The van der Waals surface area contributed by atoms with Crippen molar-refractivity contribution in [2.24, 2.45) is 0 Å². The zero-order valence-electron chi connectivity index (χ0n) is 14.0. The average molecular weight is 326 g/mol. The smallest absolute Gasteiger partial charge is 0.224 e. The Morgan fingerprint density at radius 2 is 1.83 bits per heavy atom. The first-order chi connectivity index (χ1) is 11.6. The van der Waals surface area contributed by atoms with Crippen LogP contribution in [0.3, 0.4) is 0 Å². The number of anilines is 2. The quantitative estimate of drug-likeness (QED) is 0.917. The first-order valence-corrected chi connectivity index (χ1v) is 8.08. The van der Waals surface area contributed by atoms with Crippen LogP contribution >= 0.6 is 0 Å². The molecule has 0 bridgehead atoms. The molecule has 1 aliphatic heterocycles. The number of para-hydroxylation sites is 2. The summed E-state index contributed by atoms with van der Waals surface area (Å²) in [6.07, 6.45) is 1.08. The Hall–Kier alpha value is -2.69. The first kappa shape index (κ1) is 16.2. The molecule has 0 aliphatic carbocycles. The number of hydrogen-bond donors (Lipinski definition) is 1. The third kappa shape index (κ3) is 3.79. The molecule has 0 aromatic heterocycles. The molecule has 0 fully saturated rings. The number of fused-ring (bicyclic) bond motifs is 1. The zero-order chi connectivity index (χ0) is 16.9. The van der Waals surface area contributed by atoms with Gasteiger partial charge in [0.1, 0.15) is 13.2 Å². The van der Waals surface area contributed by atoms with Crippen molar-refractivity contribution >= 4 is 17.3 Å². The van der Waals surface area contributed by atoms with E-state index in [-0.39, 0.29) is 5.91 Å². The number of nitrogens with one attached hydrogen (secondary N) is 1. The number of ether oxygens (including phenoxy) is 2. The highest BCUT2D eigenvalue weighted by Gasteiger charge is 2.13. The number of carbonyl (C=O) groups is 1. The van der Waals surface area contributed by atoms with Gasteiger partial charge in [-0.1, -0.05) is 18.2 Å². The molecule has 0 saturated heterocycles. The number of amides is 1. The lowest BCUT2D eigenvalue weighted by Gasteiger charge is -2.19. The monoisotopic (exact) mass is 326 g/mol. The van der Waals surface area contributed by atoms with Crippen LogP contribution < -0.4 is 19.7 Å². The van der Waals surface area contributed by atoms with Crippen molar-refractivity contribution in [3.8, 4) is 11.5 Å². The van der Waals surface area contributed by atoms with Gasteiger partial charge in [-0.3, -0.25) is 4.79 Å². The van der Waals surface area contributed by atoms with Crippen molar-refractivity contribution in [2.45, 2.75) is 12.8 Å². The van der Waals surface area contributed by atoms with Crippen molar-refractivity contribution in [3.63, 3.8) is 0 Å². The summed E-state index contributed by atoms with van der Waals surface area (Å²) in [5.41, 5.74) is 2.88. The van der Waals surface area contributed by atoms with Crippen LogP contribution in [0.15, 0.2) is 42.5 Å². The molecule has 1 N–H and O–H groups in total. The van der Waals surface area contributed by atoms with E-state index in [0.29, 0.717) is 26.1 Å². The summed E-state index contributed by atoms with van der Waals surface area (Å²) in [4.78, 5) is 14.2. The summed E-state index contributed by atoms with van der Waals surface area (Å²) < 4.78 is 11.1. The van der Waals surface area contributed by atoms with E-state index in [4.69, 9.17) is 9.47 Å². The van der Waals surface area contributed by atoms with Gasteiger partial charge in [0.2, 0.25) is 5.91 Å². The molecule has 1 aliphatic rings. The van der Waals surface area contributed by atoms with Crippen LogP contribution in [-0.4, -0.2) is 33.2 Å². The lowest BCUT2D eigenvalue weighted by atomic mass is 10.1. The van der Waals surface area contributed by atoms with E-state index in [2.05, 4.69) is 5.32 Å². The average Bonchev–Trinajstić information content (AvgIpc) is 2.60. The Balaban J connectivity index is 1.60. The normalized spacial score (nSPS) is 12.6. The lowest BCUT2D eigenvalue weighted by Crippen LogP contribution is -2.17. The fourth-order valence-electron chi connectivity index (χ4n) is 2.68. The second-order valence-corrected chi connectivity index (χ2v) is 5.94. The Morgan fingerprint density at radius 3 is 2.62 bits per heavy atom. The number of aryl methyl sites for hydroxylation is 1. The van der Waals surface area contributed by atoms with Gasteiger partial charge >= 0.3 is 0 Å². The molecule has 3 rings (SSSR count). The number of hydrogen-bond acceptors (Lipinski definition) is 4. The van der Waals surface area contributed by atoms with Gasteiger partial charge in [0.15, 0.2) is 11.5 Å². The van der Waals surface area contributed by atoms with Gasteiger partial charge in [0, 0.05) is 20.5 Å². The number of nitrogens with zero attached hydrogens (tertiary/aromatic N) is 1. The molecule has 0 unspecified atom stereocenters. The van der Waals surface area contributed by atoms with E-state index < -0.39 is 0 Å². The first-order valence-electron chi connectivity index (χ1n) is 8.08. The van der Waals surface area contributed by atoms with Gasteiger partial charge in [-0.05, 0) is 36.2 Å². The SMILES string of the molecule is CN(C)c1ccccc1NC(=O)CCc1ccc2c(c1)OCCO2. The predicted molar refractivity (Wildman–Crippen MR) is 95.2 cm³/mol. The standard InChI is InChI=1S/C19H22N2O3/c1-21(2)16-6-4-3-5-15(16)20-19(22)10-8-14-7-9-17-18(13-14)24-12-11-23-17/h3-7,9,13H,8,10-12H2,1-2H3,(H,20,22). The van der Waals surface area contributed by atoms with Crippen LogP contribution in [0.25, 0.3) is 0 Å². The van der Waals surface area contributed by atoms with E-state index in [1.165, 1.54) is 0 Å². The van der Waals surface area contributed by atoms with Gasteiger partial charge < -0.3 is 19.7 Å². The molecule has 2 aromatic rings. The molecule has 126 valence electrons. The molecule has 0 saturated carbocycles. The van der Waals surface area contributed by atoms with Crippen LogP contribution in [0.5, 0.6) is 11.5 Å². The van der Waals surface area contributed by atoms with Crippen molar-refractivity contribution in [3.05, 3.63) is 48.0 Å². The Bertz CT molecular complexity index is 728. The number of carbonyl (C=O) groups excluding carboxylic acids is 1. The fraction of sp³-hybridized carbons (Fsp3) is 0.316. The molecule has 5 nitrogen and oxygen atoms in total. The summed E-state index contributed by atoms with van der Waals surface area (Å²) >= 11 is 0. The summed E-state index contributed by atoms with van der Waals surface area (Å²) in [5.74, 6) is 1.53. The van der Waals surface area contributed by atoms with E-state index >= 15 is 0 Å². The maximum Gasteiger partial charge on any atom is 0.224 e. The Morgan fingerprint density at radius 1 is 1.08 bits per heavy atom. The molecular formula is C19H22N2O3. The highest BCUT2D eigenvalue weighted by atomic mass is 16.6. The van der Waals surface area contributed by atoms with E-state index in [1.54, 1.807) is 0 Å². The van der Waals surface area contributed by atoms with Crippen LogP contribution in [-0.2, 0) is 11.2 Å². The molecule has 0 spiro atoms. The van der Waals surface area contributed by atoms with E-state index in [1.807, 2.05) is 61.5 Å². The Labute approximate surface area is 142 Å². The third-order valence-corrected chi connectivity index (χ3v) is 3.91. The minimum absolute atomic E-state index is 0.000751. The maximum absolute atomic E-state index is 12.3. The van der Waals surface area contributed by atoms with Crippen LogP contribution in [0, 0.1) is 0 Å². The van der Waals surface area contributed by atoms with Crippen molar-refractivity contribution < 1.29 is 14.3 Å². The zero-order valence-corrected chi connectivity index (χ0v) is 14.0. The molecule has 2 aromatic carbocycles. The second kappa shape index (κ2) is 7.25. The van der Waals surface area contributed by atoms with Gasteiger partial charge in [0.25, 0.3) is 0 Å². The largest absolute Gasteiger partial charge is 0.486 e. The van der Waals surface area contributed by atoms with Gasteiger partial charge in [-0.2, -0.15) is 0 Å². The summed E-state index contributed by atoms with van der Waals surface area (Å²) in [6, 6.07) is 13.6. The second-order valence-electron chi connectivity index (χ2n) is 5.94. The molecule has 1 heterocycles. The minimum atomic E-state index is -0.000751. The summed E-state index contributed by atoms with van der Waals surface area (Å²) in [6.45, 7) is 1.15. The van der Waals surface area contributed by atoms with Crippen LogP contribution in [0.2, 0.25) is 0 Å². The van der Waals surface area contributed by atoms with Crippen molar-refractivity contribution in [2.75, 3.05) is 37.5 Å². The highest BCUT2D eigenvalue weighted by Crippen LogP contribution is 2.31. The van der Waals surface area contributed by atoms with E-state index in [0.717, 1.165) is 28.4 Å². The van der Waals surface area contributed by atoms with E-state index in [9.17, 15) is 4.79 Å². The maximum atomic E-state index is 12.3. The van der Waals surface area contributed by atoms with Gasteiger partial charge in [-0.15, -0.1) is 0 Å². The molecule has 0 atom stereocenters. The van der Waals surface area contributed by atoms with Crippen molar-refractivity contribution in [1.82, 2.24) is 0 Å². The van der Waals surface area contributed by atoms with Crippen LogP contribution in [0.1, 0.15) is 12.0 Å². The Kier molecular flexibility index (Phi) is 4.89. The fourth-order valence-corrected chi connectivity index (χ4v) is 2.68. The summed E-state index contributed by atoms with van der Waals surface area (Å²) in [7, 11) is 3.92. The molecule has 1 amide bonds. The molecule has 0 radical (unpaired) electrons.